The minimum absolute atomic E-state index is 0.147. The smallest absolute Gasteiger partial charge is 0.229 e. The lowest BCUT2D eigenvalue weighted by Crippen LogP contribution is -2.39. The summed E-state index contributed by atoms with van der Waals surface area (Å²) in [6, 6.07) is 5.29. The summed E-state index contributed by atoms with van der Waals surface area (Å²) in [6.07, 6.45) is 0.834. The molecule has 5 heteroatoms. The molecule has 1 aliphatic heterocycles. The summed E-state index contributed by atoms with van der Waals surface area (Å²) in [5, 5.41) is 9.63. The quantitative estimate of drug-likeness (QED) is 0.852. The molecule has 1 atom stereocenters. The first-order valence-corrected chi connectivity index (χ1v) is 6.71. The van der Waals surface area contributed by atoms with Gasteiger partial charge in [-0.2, -0.15) is 0 Å². The Morgan fingerprint density at radius 1 is 1.30 bits per heavy atom. The normalized spacial score (nSPS) is 17.2. The van der Waals surface area contributed by atoms with E-state index < -0.39 is 6.10 Å². The summed E-state index contributed by atoms with van der Waals surface area (Å²) in [5.74, 6) is 0.317. The van der Waals surface area contributed by atoms with Gasteiger partial charge in [0.15, 0.2) is 0 Å². The number of carbonyl (C=O) groups excluding carboxylic acids is 2. The third-order valence-electron chi connectivity index (χ3n) is 3.50. The molecule has 1 fully saturated rings. The lowest BCUT2D eigenvalue weighted by atomic mass is 10.0. The average molecular weight is 277 g/mol. The van der Waals surface area contributed by atoms with E-state index in [2.05, 4.69) is 0 Å². The minimum atomic E-state index is -0.604. The maximum atomic E-state index is 11.8. The molecule has 1 aromatic rings. The molecule has 1 aliphatic rings. The van der Waals surface area contributed by atoms with Gasteiger partial charge >= 0.3 is 0 Å². The van der Waals surface area contributed by atoms with E-state index in [-0.39, 0.29) is 18.4 Å². The van der Waals surface area contributed by atoms with E-state index in [1.54, 1.807) is 32.2 Å². The van der Waals surface area contributed by atoms with Crippen molar-refractivity contribution in [3.63, 3.8) is 0 Å². The first-order chi connectivity index (χ1) is 9.52. The molecule has 5 nitrogen and oxygen atoms in total. The number of methoxy groups -OCH3 is 1. The minimum Gasteiger partial charge on any atom is -0.496 e. The Kier molecular flexibility index (Phi) is 4.39. The number of rotatable bonds is 4. The molecular formula is C15H19NO4. The summed E-state index contributed by atoms with van der Waals surface area (Å²) in [6.45, 7) is 1.87. The Labute approximate surface area is 118 Å². The number of aliphatic hydroxyl groups excluding tert-OH is 1. The van der Waals surface area contributed by atoms with Crippen LogP contribution in [0.15, 0.2) is 18.2 Å². The van der Waals surface area contributed by atoms with Crippen molar-refractivity contribution in [3.8, 4) is 5.75 Å². The number of hydrogen-bond acceptors (Lipinski definition) is 4. The van der Waals surface area contributed by atoms with E-state index >= 15 is 0 Å². The summed E-state index contributed by atoms with van der Waals surface area (Å²) in [4.78, 5) is 25.0. The number of nitrogens with zero attached hydrogens (tertiary/aromatic N) is 1. The Hall–Kier alpha value is -1.88. The molecule has 108 valence electrons. The summed E-state index contributed by atoms with van der Waals surface area (Å²) < 4.78 is 5.26. The van der Waals surface area contributed by atoms with E-state index in [9.17, 15) is 14.7 Å². The number of amides is 2. The second-order valence-corrected chi connectivity index (χ2v) is 4.97. The largest absolute Gasteiger partial charge is 0.496 e. The summed E-state index contributed by atoms with van der Waals surface area (Å²) >= 11 is 0. The summed E-state index contributed by atoms with van der Waals surface area (Å²) in [5.41, 5.74) is 1.47. The first kappa shape index (κ1) is 14.5. The lowest BCUT2D eigenvalue weighted by molar-refractivity contribution is -0.148. The fraction of sp³-hybridized carbons (Fsp3) is 0.467. The van der Waals surface area contributed by atoms with Crippen molar-refractivity contribution in [1.82, 2.24) is 4.90 Å². The van der Waals surface area contributed by atoms with Gasteiger partial charge in [0.2, 0.25) is 11.8 Å². The van der Waals surface area contributed by atoms with Gasteiger partial charge in [-0.25, -0.2) is 0 Å². The Balaban J connectivity index is 2.28. The molecule has 2 amide bonds. The first-order valence-electron chi connectivity index (χ1n) is 6.71. The molecular weight excluding hydrogens is 258 g/mol. The fourth-order valence-electron chi connectivity index (χ4n) is 2.33. The van der Waals surface area contributed by atoms with Gasteiger partial charge in [0.25, 0.3) is 0 Å². The van der Waals surface area contributed by atoms with Crippen molar-refractivity contribution in [2.45, 2.75) is 38.8 Å². The highest BCUT2D eigenvalue weighted by Crippen LogP contribution is 2.26. The molecule has 0 saturated carbocycles. The highest BCUT2D eigenvalue weighted by atomic mass is 16.5. The highest BCUT2D eigenvalue weighted by molar-refractivity contribution is 5.97. The third-order valence-corrected chi connectivity index (χ3v) is 3.50. The summed E-state index contributed by atoms with van der Waals surface area (Å²) in [7, 11) is 1.54. The van der Waals surface area contributed by atoms with Crippen LogP contribution in [0.3, 0.4) is 0 Å². The van der Waals surface area contributed by atoms with Gasteiger partial charge in [-0.05, 0) is 31.0 Å². The zero-order chi connectivity index (χ0) is 14.7. The van der Waals surface area contributed by atoms with Crippen LogP contribution in [0.4, 0.5) is 0 Å². The second kappa shape index (κ2) is 6.05. The lowest BCUT2D eigenvalue weighted by Gasteiger charge is -2.26. The maximum absolute atomic E-state index is 11.8. The van der Waals surface area contributed by atoms with E-state index in [0.717, 1.165) is 11.1 Å². The van der Waals surface area contributed by atoms with Crippen molar-refractivity contribution >= 4 is 11.8 Å². The number of ether oxygens (including phenoxy) is 1. The van der Waals surface area contributed by atoms with Gasteiger partial charge in [-0.3, -0.25) is 14.5 Å². The molecule has 1 N–H and O–H groups in total. The van der Waals surface area contributed by atoms with Gasteiger partial charge in [-0.1, -0.05) is 6.07 Å². The number of imide groups is 1. The van der Waals surface area contributed by atoms with Crippen LogP contribution in [0.5, 0.6) is 5.75 Å². The van der Waals surface area contributed by atoms with Crippen LogP contribution < -0.4 is 4.74 Å². The van der Waals surface area contributed by atoms with Crippen LogP contribution in [0, 0.1) is 0 Å². The van der Waals surface area contributed by atoms with Crippen LogP contribution in [0.1, 0.15) is 43.4 Å². The molecule has 0 aliphatic carbocycles. The molecule has 0 aromatic heterocycles. The van der Waals surface area contributed by atoms with Gasteiger partial charge in [0.05, 0.1) is 19.8 Å². The number of likely N-dealkylation sites (tertiary alicyclic amines) is 1. The van der Waals surface area contributed by atoms with Crippen molar-refractivity contribution < 1.29 is 19.4 Å². The zero-order valence-corrected chi connectivity index (χ0v) is 11.8. The highest BCUT2D eigenvalue weighted by Gasteiger charge is 2.26. The van der Waals surface area contributed by atoms with Gasteiger partial charge in [0, 0.05) is 18.4 Å². The maximum Gasteiger partial charge on any atom is 0.229 e. The molecule has 0 radical (unpaired) electrons. The molecule has 1 aromatic carbocycles. The van der Waals surface area contributed by atoms with E-state index in [4.69, 9.17) is 4.74 Å². The number of benzene rings is 1. The van der Waals surface area contributed by atoms with Gasteiger partial charge < -0.3 is 9.84 Å². The Morgan fingerprint density at radius 2 is 1.95 bits per heavy atom. The predicted octanol–water partition coefficient (Wildman–Crippen LogP) is 1.79. The third kappa shape index (κ3) is 2.99. The molecule has 0 bridgehead atoms. The average Bonchev–Trinajstić information content (AvgIpc) is 2.42. The fourth-order valence-corrected chi connectivity index (χ4v) is 2.33. The SMILES string of the molecule is COc1ccc(C(C)O)cc1CN1C(=O)CCCC1=O. The van der Waals surface area contributed by atoms with Crippen LogP contribution >= 0.6 is 0 Å². The van der Waals surface area contributed by atoms with Crippen LogP contribution in [0.25, 0.3) is 0 Å². The Bertz CT molecular complexity index is 509. The van der Waals surface area contributed by atoms with Crippen LogP contribution in [-0.2, 0) is 16.1 Å². The standard InChI is InChI=1S/C15H19NO4/c1-10(17)11-6-7-13(20-2)12(8-11)9-16-14(18)4-3-5-15(16)19/h6-8,10,17H,3-5,9H2,1-2H3. The van der Waals surface area contributed by atoms with Gasteiger partial charge in [-0.15, -0.1) is 0 Å². The number of hydrogen-bond donors (Lipinski definition) is 1. The molecule has 1 heterocycles. The van der Waals surface area contributed by atoms with Gasteiger partial charge in [0.1, 0.15) is 5.75 Å². The number of piperidine rings is 1. The topological polar surface area (TPSA) is 66.8 Å². The second-order valence-electron chi connectivity index (χ2n) is 4.97. The Morgan fingerprint density at radius 3 is 2.50 bits per heavy atom. The molecule has 1 unspecified atom stereocenters. The molecule has 1 saturated heterocycles. The number of carbonyl (C=O) groups is 2. The van der Waals surface area contributed by atoms with Crippen molar-refractivity contribution in [2.75, 3.05) is 7.11 Å². The van der Waals surface area contributed by atoms with E-state index in [0.29, 0.717) is 25.0 Å². The van der Waals surface area contributed by atoms with Crippen LogP contribution in [0.2, 0.25) is 0 Å². The van der Waals surface area contributed by atoms with Crippen molar-refractivity contribution in [3.05, 3.63) is 29.3 Å². The van der Waals surface area contributed by atoms with Crippen LogP contribution in [-0.4, -0.2) is 28.9 Å². The van der Waals surface area contributed by atoms with E-state index in [1.807, 2.05) is 0 Å². The molecule has 2 rings (SSSR count). The molecule has 0 spiro atoms. The molecule has 20 heavy (non-hydrogen) atoms. The monoisotopic (exact) mass is 277 g/mol. The number of aliphatic hydroxyl groups is 1. The van der Waals surface area contributed by atoms with Crippen molar-refractivity contribution in [2.24, 2.45) is 0 Å². The van der Waals surface area contributed by atoms with Crippen molar-refractivity contribution in [1.29, 1.82) is 0 Å². The predicted molar refractivity (Wildman–Crippen MR) is 73.0 cm³/mol. The van der Waals surface area contributed by atoms with E-state index in [1.165, 1.54) is 4.90 Å². The zero-order valence-electron chi connectivity index (χ0n) is 11.8.